The summed E-state index contributed by atoms with van der Waals surface area (Å²) in [4.78, 5) is 39.7. The number of hydrogen-bond donors (Lipinski definition) is 2. The number of fused-ring (bicyclic) bond motifs is 1. The van der Waals surface area contributed by atoms with Crippen molar-refractivity contribution < 1.29 is 14.3 Å². The van der Waals surface area contributed by atoms with Gasteiger partial charge in [0.2, 0.25) is 5.71 Å². The lowest BCUT2D eigenvalue weighted by atomic mass is 9.95. The molecule has 186 valence electrons. The highest BCUT2D eigenvalue weighted by Crippen LogP contribution is 2.38. The maximum absolute atomic E-state index is 13.0. The fraction of sp³-hybridized carbons (Fsp3) is 0.320. The lowest BCUT2D eigenvalue weighted by Crippen LogP contribution is -2.24. The number of nitriles is 1. The maximum atomic E-state index is 13.0. The van der Waals surface area contributed by atoms with Crippen molar-refractivity contribution in [2.75, 3.05) is 17.3 Å². The summed E-state index contributed by atoms with van der Waals surface area (Å²) in [5.41, 5.74) is 4.36. The highest BCUT2D eigenvalue weighted by atomic mass is 32.1. The molecule has 0 radical (unpaired) electrons. The standard InChI is InChI=1S/C25H26N6O4S/c1-4-35-25(34)20-17-12-8-9-13-19(17)36-23(20)27-22(32)18(14-26)28-29-21-15(2)30(3)31(24(21)33)16-10-6-5-7-11-16/h5-7,10-11,29H,4,8-9,12-13H2,1-3H3,(H,27,32)/b28-18+. The lowest BCUT2D eigenvalue weighted by molar-refractivity contribution is -0.110. The Balaban J connectivity index is 1.61. The number of carbonyl (C=O) groups excluding carboxylic acids is 2. The van der Waals surface area contributed by atoms with Crippen molar-refractivity contribution in [3.63, 3.8) is 0 Å². The fourth-order valence-electron chi connectivity index (χ4n) is 4.17. The van der Waals surface area contributed by atoms with E-state index in [1.807, 2.05) is 18.2 Å². The van der Waals surface area contributed by atoms with Crippen LogP contribution in [0.25, 0.3) is 5.69 Å². The van der Waals surface area contributed by atoms with Crippen LogP contribution in [-0.2, 0) is 29.4 Å². The van der Waals surface area contributed by atoms with Crippen LogP contribution < -0.4 is 16.3 Å². The largest absolute Gasteiger partial charge is 0.462 e. The van der Waals surface area contributed by atoms with Crippen molar-refractivity contribution in [2.45, 2.75) is 39.5 Å². The molecular formula is C25H26N6O4S. The molecule has 2 heterocycles. The first-order chi connectivity index (χ1) is 17.4. The molecule has 0 atom stereocenters. The summed E-state index contributed by atoms with van der Waals surface area (Å²) < 4.78 is 8.33. The number of hydrazone groups is 1. The van der Waals surface area contributed by atoms with Crippen LogP contribution in [-0.4, -0.2) is 33.6 Å². The molecule has 1 aliphatic carbocycles. The van der Waals surface area contributed by atoms with E-state index in [2.05, 4.69) is 15.8 Å². The van der Waals surface area contributed by atoms with Gasteiger partial charge in [-0.3, -0.25) is 19.7 Å². The average Bonchev–Trinajstić information content (AvgIpc) is 3.34. The van der Waals surface area contributed by atoms with Crippen molar-refractivity contribution in [1.29, 1.82) is 5.26 Å². The summed E-state index contributed by atoms with van der Waals surface area (Å²) >= 11 is 1.32. The Morgan fingerprint density at radius 2 is 1.94 bits per heavy atom. The van der Waals surface area contributed by atoms with Gasteiger partial charge >= 0.3 is 5.97 Å². The Kier molecular flexibility index (Phi) is 7.36. The van der Waals surface area contributed by atoms with Gasteiger partial charge in [-0.15, -0.1) is 11.3 Å². The number of benzene rings is 1. The van der Waals surface area contributed by atoms with E-state index in [0.29, 0.717) is 21.9 Å². The number of nitrogens with zero attached hydrogens (tertiary/aromatic N) is 4. The van der Waals surface area contributed by atoms with E-state index in [-0.39, 0.29) is 17.9 Å². The number of aryl methyl sites for hydroxylation is 1. The third-order valence-electron chi connectivity index (χ3n) is 6.03. The fourth-order valence-corrected chi connectivity index (χ4v) is 5.44. The predicted octanol–water partition coefficient (Wildman–Crippen LogP) is 3.53. The third kappa shape index (κ3) is 4.67. The topological polar surface area (TPSA) is 131 Å². The number of carbonyl (C=O) groups is 2. The van der Waals surface area contributed by atoms with Gasteiger partial charge in [-0.25, -0.2) is 9.48 Å². The van der Waals surface area contributed by atoms with E-state index in [1.54, 1.807) is 43.8 Å². The Morgan fingerprint density at radius 1 is 1.22 bits per heavy atom. The molecule has 36 heavy (non-hydrogen) atoms. The van der Waals surface area contributed by atoms with Crippen molar-refractivity contribution in [1.82, 2.24) is 9.36 Å². The number of hydrogen-bond acceptors (Lipinski definition) is 8. The number of esters is 1. The second-order valence-electron chi connectivity index (χ2n) is 8.21. The first kappa shape index (κ1) is 24.9. The lowest BCUT2D eigenvalue weighted by Gasteiger charge is -2.12. The predicted molar refractivity (Wildman–Crippen MR) is 138 cm³/mol. The molecule has 2 aromatic heterocycles. The molecule has 0 saturated carbocycles. The van der Waals surface area contributed by atoms with Crippen molar-refractivity contribution >= 4 is 39.6 Å². The minimum Gasteiger partial charge on any atom is -0.462 e. The third-order valence-corrected chi connectivity index (χ3v) is 7.24. The molecule has 1 amide bonds. The molecule has 0 aliphatic heterocycles. The van der Waals surface area contributed by atoms with Gasteiger partial charge < -0.3 is 10.1 Å². The minimum atomic E-state index is -0.786. The molecule has 1 aromatic carbocycles. The van der Waals surface area contributed by atoms with E-state index in [1.165, 1.54) is 16.0 Å². The number of anilines is 2. The SMILES string of the molecule is CCOC(=O)c1c(NC(=O)/C(C#N)=N/Nc2c(C)n(C)n(-c3ccccc3)c2=O)sc2c1CCCC2. The van der Waals surface area contributed by atoms with E-state index in [0.717, 1.165) is 36.1 Å². The first-order valence-corrected chi connectivity index (χ1v) is 12.4. The number of amides is 1. The molecule has 10 nitrogen and oxygen atoms in total. The van der Waals surface area contributed by atoms with Crippen molar-refractivity contribution in [2.24, 2.45) is 12.1 Å². The van der Waals surface area contributed by atoms with Crippen LogP contribution >= 0.6 is 11.3 Å². The van der Waals surface area contributed by atoms with Crippen molar-refractivity contribution in [3.8, 4) is 11.8 Å². The monoisotopic (exact) mass is 506 g/mol. The van der Waals surface area contributed by atoms with Gasteiger partial charge in [-0.05, 0) is 57.2 Å². The van der Waals surface area contributed by atoms with Crippen molar-refractivity contribution in [3.05, 3.63) is 62.4 Å². The number of thiophene rings is 1. The molecule has 3 aromatic rings. The zero-order valence-electron chi connectivity index (χ0n) is 20.3. The van der Waals surface area contributed by atoms with Crippen LogP contribution in [0.15, 0.2) is 40.2 Å². The number of aromatic nitrogens is 2. The quantitative estimate of drug-likeness (QED) is 0.286. The molecule has 0 bridgehead atoms. The van der Waals surface area contributed by atoms with E-state index >= 15 is 0 Å². The molecule has 0 fully saturated rings. The van der Waals surface area contributed by atoms with Gasteiger partial charge in [0.25, 0.3) is 11.5 Å². The number of nitrogens with one attached hydrogen (secondary N) is 2. The van der Waals surface area contributed by atoms with Gasteiger partial charge in [0.1, 0.15) is 16.8 Å². The van der Waals surface area contributed by atoms with Crippen LogP contribution in [0.5, 0.6) is 0 Å². The molecule has 0 unspecified atom stereocenters. The van der Waals surface area contributed by atoms with Crippen LogP contribution in [0.1, 0.15) is 46.3 Å². The smallest absolute Gasteiger partial charge is 0.341 e. The summed E-state index contributed by atoms with van der Waals surface area (Å²) in [5.74, 6) is -1.28. The molecule has 1 aliphatic rings. The summed E-state index contributed by atoms with van der Waals surface area (Å²) in [6.45, 7) is 3.66. The van der Waals surface area contributed by atoms with Gasteiger partial charge in [-0.1, -0.05) is 18.2 Å². The average molecular weight is 507 g/mol. The summed E-state index contributed by atoms with van der Waals surface area (Å²) in [6.07, 6.45) is 3.52. The van der Waals surface area contributed by atoms with E-state index < -0.39 is 17.6 Å². The van der Waals surface area contributed by atoms with Crippen LogP contribution in [0.4, 0.5) is 10.7 Å². The molecule has 4 rings (SSSR count). The molecule has 2 N–H and O–H groups in total. The number of ether oxygens (including phenoxy) is 1. The van der Waals surface area contributed by atoms with Crippen LogP contribution in [0, 0.1) is 18.3 Å². The van der Waals surface area contributed by atoms with Gasteiger partial charge in [0.15, 0.2) is 0 Å². The summed E-state index contributed by atoms with van der Waals surface area (Å²) in [5, 5.41) is 16.5. The number of para-hydroxylation sites is 1. The normalized spacial score (nSPS) is 13.0. The summed E-state index contributed by atoms with van der Waals surface area (Å²) in [6, 6.07) is 10.8. The molecule has 0 spiro atoms. The Hall–Kier alpha value is -4.17. The zero-order chi connectivity index (χ0) is 25.8. The van der Waals surface area contributed by atoms with Gasteiger partial charge in [0.05, 0.1) is 23.6 Å². The number of rotatable bonds is 7. The van der Waals surface area contributed by atoms with E-state index in [9.17, 15) is 19.6 Å². The van der Waals surface area contributed by atoms with Gasteiger partial charge in [-0.2, -0.15) is 10.4 Å². The van der Waals surface area contributed by atoms with Crippen LogP contribution in [0.2, 0.25) is 0 Å². The van der Waals surface area contributed by atoms with Crippen LogP contribution in [0.3, 0.4) is 0 Å². The first-order valence-electron chi connectivity index (χ1n) is 11.6. The minimum absolute atomic E-state index is 0.140. The van der Waals surface area contributed by atoms with Gasteiger partial charge in [0, 0.05) is 11.9 Å². The Morgan fingerprint density at radius 3 is 2.64 bits per heavy atom. The Labute approximate surface area is 211 Å². The van der Waals surface area contributed by atoms with E-state index in [4.69, 9.17) is 4.74 Å². The maximum Gasteiger partial charge on any atom is 0.341 e. The molecular weight excluding hydrogens is 480 g/mol. The zero-order valence-corrected chi connectivity index (χ0v) is 21.1. The second-order valence-corrected chi connectivity index (χ2v) is 9.32. The Bertz CT molecular complexity index is 1440. The summed E-state index contributed by atoms with van der Waals surface area (Å²) in [7, 11) is 1.73. The molecule has 11 heteroatoms. The molecule has 0 saturated heterocycles. The second kappa shape index (κ2) is 10.6. The highest BCUT2D eigenvalue weighted by Gasteiger charge is 2.28. The highest BCUT2D eigenvalue weighted by molar-refractivity contribution is 7.17.